The summed E-state index contributed by atoms with van der Waals surface area (Å²) in [7, 11) is 0. The van der Waals surface area contributed by atoms with Crippen molar-refractivity contribution in [1.29, 1.82) is 0 Å². The average molecular weight is 554 g/mol. The second-order valence-electron chi connectivity index (χ2n) is 8.72. The molecule has 4 rings (SSSR count). The van der Waals surface area contributed by atoms with Gasteiger partial charge in [0.2, 0.25) is 0 Å². The molecule has 38 heavy (non-hydrogen) atoms. The largest absolute Gasteiger partial charge is 0.513 e. The van der Waals surface area contributed by atoms with Crippen molar-refractivity contribution in [3.8, 4) is 5.75 Å². The third kappa shape index (κ3) is 5.52. The Morgan fingerprint density at radius 3 is 2.32 bits per heavy atom. The van der Waals surface area contributed by atoms with E-state index < -0.39 is 65.5 Å². The molecule has 1 aromatic heterocycles. The number of aryl methyl sites for hydroxylation is 1. The van der Waals surface area contributed by atoms with E-state index in [0.717, 1.165) is 5.56 Å². The first-order valence-electron chi connectivity index (χ1n) is 11.0. The predicted molar refractivity (Wildman–Crippen MR) is 122 cm³/mol. The fourth-order valence-electron chi connectivity index (χ4n) is 4.54. The third-order valence-corrected chi connectivity index (χ3v) is 6.60. The first-order chi connectivity index (χ1) is 18.0. The van der Waals surface area contributed by atoms with Crippen LogP contribution in [0.25, 0.3) is 0 Å². The Balaban J connectivity index is 1.49. The fraction of sp³-hybridized carbons (Fsp3) is 0.409. The van der Waals surface area contributed by atoms with E-state index in [2.05, 4.69) is 14.7 Å². The highest BCUT2D eigenvalue weighted by atomic mass is 35.5. The summed E-state index contributed by atoms with van der Waals surface area (Å²) in [4.78, 5) is 59.2. The zero-order valence-electron chi connectivity index (χ0n) is 19.6. The monoisotopic (exact) mass is 553 g/mol. The second kappa shape index (κ2) is 10.6. The van der Waals surface area contributed by atoms with Crippen LogP contribution in [0.1, 0.15) is 41.3 Å². The van der Waals surface area contributed by atoms with Gasteiger partial charge in [0.05, 0.1) is 12.3 Å². The van der Waals surface area contributed by atoms with Crippen LogP contribution in [0.2, 0.25) is 5.02 Å². The molecule has 1 N–H and O–H groups in total. The van der Waals surface area contributed by atoms with Crippen molar-refractivity contribution >= 4 is 23.7 Å². The fourth-order valence-corrected chi connectivity index (χ4v) is 4.67. The Morgan fingerprint density at radius 2 is 1.76 bits per heavy atom. The first kappa shape index (κ1) is 26.8. The van der Waals surface area contributed by atoms with Crippen molar-refractivity contribution in [2.24, 2.45) is 5.41 Å². The number of fused-ring (bicyclic) bond motifs is 1. The number of nitrogens with zero attached hydrogens (tertiary/aromatic N) is 3. The molecule has 202 valence electrons. The number of hydrogen-bond acceptors (Lipinski definition) is 12. The molecule has 0 radical (unpaired) electrons. The summed E-state index contributed by atoms with van der Waals surface area (Å²) in [5.41, 5.74) is 0.374. The lowest BCUT2D eigenvalue weighted by Crippen LogP contribution is -2.36. The van der Waals surface area contributed by atoms with E-state index in [1.54, 1.807) is 37.4 Å². The zero-order chi connectivity index (χ0) is 27.6. The van der Waals surface area contributed by atoms with Crippen molar-refractivity contribution < 1.29 is 48.8 Å². The van der Waals surface area contributed by atoms with Crippen LogP contribution in [0.3, 0.4) is 0 Å². The van der Waals surface area contributed by atoms with Gasteiger partial charge in [-0.2, -0.15) is 0 Å². The normalized spacial score (nSPS) is 23.8. The van der Waals surface area contributed by atoms with Gasteiger partial charge in [0.25, 0.3) is 10.2 Å². The Hall–Kier alpha value is -4.24. The lowest BCUT2D eigenvalue weighted by atomic mass is 9.87. The molecule has 2 aromatic rings. The van der Waals surface area contributed by atoms with Gasteiger partial charge in [-0.15, -0.1) is 20.2 Å². The number of benzene rings is 1. The Morgan fingerprint density at radius 1 is 1.16 bits per heavy atom. The van der Waals surface area contributed by atoms with E-state index in [-0.39, 0.29) is 12.4 Å². The smallest absolute Gasteiger partial charge is 0.481 e. The molecule has 0 spiro atoms. The van der Waals surface area contributed by atoms with Crippen molar-refractivity contribution in [3.05, 3.63) is 78.1 Å². The minimum Gasteiger partial charge on any atom is -0.481 e. The van der Waals surface area contributed by atoms with Crippen LogP contribution in [0.5, 0.6) is 5.75 Å². The number of pyridine rings is 1. The summed E-state index contributed by atoms with van der Waals surface area (Å²) in [5, 5.41) is 29.5. The minimum absolute atomic E-state index is 0.0730. The Labute approximate surface area is 218 Å². The molecular formula is C22H20ClN3O12. The average Bonchev–Trinajstić information content (AvgIpc) is 3.42. The number of rotatable bonds is 9. The van der Waals surface area contributed by atoms with Gasteiger partial charge in [-0.25, -0.2) is 4.79 Å². The Kier molecular flexibility index (Phi) is 7.50. The van der Waals surface area contributed by atoms with Crippen molar-refractivity contribution in [2.75, 3.05) is 6.61 Å². The molecule has 1 aliphatic carbocycles. The number of hydrogen-bond donors (Lipinski definition) is 1. The Bertz CT molecular complexity index is 1250. The van der Waals surface area contributed by atoms with Gasteiger partial charge in [0, 0.05) is 22.3 Å². The third-order valence-electron chi connectivity index (χ3n) is 6.34. The van der Waals surface area contributed by atoms with E-state index in [9.17, 15) is 34.9 Å². The van der Waals surface area contributed by atoms with E-state index in [1.807, 2.05) is 0 Å². The van der Waals surface area contributed by atoms with Gasteiger partial charge in [-0.3, -0.25) is 9.78 Å². The summed E-state index contributed by atoms with van der Waals surface area (Å²) in [6.07, 6.45) is -4.49. The molecule has 2 aliphatic rings. The van der Waals surface area contributed by atoms with E-state index in [4.69, 9.17) is 25.8 Å². The maximum atomic E-state index is 12.6. The molecule has 0 saturated heterocycles. The number of aromatic nitrogens is 1. The molecule has 3 unspecified atom stereocenters. The van der Waals surface area contributed by atoms with E-state index >= 15 is 0 Å². The SMILES string of the molecule is Cc1ncc2c(c1OC(=O)OCC1(C(=O)O)CC(O[N+](=O)[O-])C(O[N+](=O)[O-])C1)COC2c1ccc(Cl)cc1. The van der Waals surface area contributed by atoms with Crippen molar-refractivity contribution in [2.45, 2.75) is 44.7 Å². The number of carboxylic acids is 1. The molecule has 1 aromatic carbocycles. The highest BCUT2D eigenvalue weighted by Crippen LogP contribution is 2.43. The maximum Gasteiger partial charge on any atom is 0.513 e. The molecule has 1 saturated carbocycles. The zero-order valence-corrected chi connectivity index (χ0v) is 20.4. The van der Waals surface area contributed by atoms with Crippen LogP contribution in [0, 0.1) is 32.6 Å². The van der Waals surface area contributed by atoms with Gasteiger partial charge in [0.1, 0.15) is 30.3 Å². The van der Waals surface area contributed by atoms with Crippen LogP contribution < -0.4 is 4.74 Å². The van der Waals surface area contributed by atoms with Gasteiger partial charge in [0.15, 0.2) is 5.75 Å². The topological polar surface area (TPSA) is 200 Å². The van der Waals surface area contributed by atoms with E-state index in [1.165, 1.54) is 0 Å². The van der Waals surface area contributed by atoms with Crippen molar-refractivity contribution in [3.63, 3.8) is 0 Å². The summed E-state index contributed by atoms with van der Waals surface area (Å²) >= 11 is 5.95. The maximum absolute atomic E-state index is 12.6. The number of carbonyl (C=O) groups excluding carboxylic acids is 1. The summed E-state index contributed by atoms with van der Waals surface area (Å²) in [5.74, 6) is -1.45. The lowest BCUT2D eigenvalue weighted by molar-refractivity contribution is -0.797. The summed E-state index contributed by atoms with van der Waals surface area (Å²) < 4.78 is 16.3. The second-order valence-corrected chi connectivity index (χ2v) is 9.16. The minimum atomic E-state index is -1.96. The quantitative estimate of drug-likeness (QED) is 0.270. The number of ether oxygens (including phenoxy) is 3. The molecule has 0 bridgehead atoms. The van der Waals surface area contributed by atoms with Gasteiger partial charge in [-0.05, 0) is 37.5 Å². The molecule has 15 nitrogen and oxygen atoms in total. The molecule has 1 aliphatic heterocycles. The van der Waals surface area contributed by atoms with Gasteiger partial charge in [-0.1, -0.05) is 23.7 Å². The first-order valence-corrected chi connectivity index (χ1v) is 11.4. The molecule has 16 heteroatoms. The van der Waals surface area contributed by atoms with Crippen LogP contribution in [0.15, 0.2) is 30.5 Å². The van der Waals surface area contributed by atoms with E-state index in [0.29, 0.717) is 21.8 Å². The molecular weight excluding hydrogens is 534 g/mol. The number of aliphatic carboxylic acids is 1. The van der Waals surface area contributed by atoms with Crippen LogP contribution in [-0.2, 0) is 30.6 Å². The molecule has 0 amide bonds. The number of carbonyl (C=O) groups is 2. The molecule has 1 fully saturated rings. The highest BCUT2D eigenvalue weighted by molar-refractivity contribution is 6.30. The standard InChI is InChI=1S/C22H20ClN3O12/c1-11-18(15-9-34-19(14(15)8-24-11)12-2-4-13(23)5-3-12)36-21(29)35-10-22(20(27)28)6-16(37-25(30)31)17(7-22)38-26(32)33/h2-5,8,16-17,19H,6-7,9-10H2,1H3,(H,27,28). The van der Waals surface area contributed by atoms with Crippen LogP contribution in [0.4, 0.5) is 4.79 Å². The van der Waals surface area contributed by atoms with Gasteiger partial charge >= 0.3 is 12.1 Å². The van der Waals surface area contributed by atoms with Crippen molar-refractivity contribution in [1.82, 2.24) is 4.98 Å². The van der Waals surface area contributed by atoms with Crippen LogP contribution in [-0.4, -0.2) is 51.2 Å². The summed E-state index contributed by atoms with van der Waals surface area (Å²) in [6.45, 7) is 0.864. The number of carboxylic acid groups (broad SMARTS) is 1. The molecule has 3 atom stereocenters. The number of halogens is 1. The lowest BCUT2D eigenvalue weighted by Gasteiger charge is -2.23. The highest BCUT2D eigenvalue weighted by Gasteiger charge is 2.55. The van der Waals surface area contributed by atoms with Gasteiger partial charge < -0.3 is 29.0 Å². The summed E-state index contributed by atoms with van der Waals surface area (Å²) in [6, 6.07) is 6.99. The molecule has 2 heterocycles. The predicted octanol–water partition coefficient (Wildman–Crippen LogP) is 3.20. The van der Waals surface area contributed by atoms with Crippen LogP contribution >= 0.6 is 11.6 Å².